The van der Waals surface area contributed by atoms with E-state index in [9.17, 15) is 14.4 Å². The van der Waals surface area contributed by atoms with E-state index in [2.05, 4.69) is 10.3 Å². The van der Waals surface area contributed by atoms with E-state index in [1.807, 2.05) is 19.0 Å². The molecule has 1 amide bonds. The van der Waals surface area contributed by atoms with Crippen LogP contribution >= 0.6 is 11.6 Å². The summed E-state index contributed by atoms with van der Waals surface area (Å²) >= 11 is 6.20. The Kier molecular flexibility index (Phi) is 4.79. The van der Waals surface area contributed by atoms with Gasteiger partial charge in [0.2, 0.25) is 5.91 Å². The molecule has 0 unspecified atom stereocenters. The Morgan fingerprint density at radius 3 is 2.59 bits per heavy atom. The fourth-order valence-corrected chi connectivity index (χ4v) is 3.18. The summed E-state index contributed by atoms with van der Waals surface area (Å²) in [6.07, 6.45) is 1.45. The third-order valence-electron chi connectivity index (χ3n) is 4.22. The first kappa shape index (κ1) is 18.7. The van der Waals surface area contributed by atoms with Crippen LogP contribution in [0.15, 0.2) is 34.1 Å². The van der Waals surface area contributed by atoms with Gasteiger partial charge in [-0.15, -0.1) is 0 Å². The van der Waals surface area contributed by atoms with Crippen LogP contribution < -0.4 is 21.5 Å². The minimum atomic E-state index is -0.609. The lowest BCUT2D eigenvalue weighted by atomic mass is 10.2. The van der Waals surface area contributed by atoms with Gasteiger partial charge in [0.05, 0.1) is 17.0 Å². The molecule has 2 heterocycles. The third kappa shape index (κ3) is 3.33. The SMILES string of the molecule is CN(C)c1ccc(NC(=O)Cn2c(=O)c3c(ncn3C)n(C)c2=O)cc1Cl. The molecule has 0 saturated carbocycles. The molecule has 9 nitrogen and oxygen atoms in total. The van der Waals surface area contributed by atoms with Gasteiger partial charge in [-0.2, -0.15) is 0 Å². The maximum Gasteiger partial charge on any atom is 0.332 e. The molecule has 1 N–H and O–H groups in total. The highest BCUT2D eigenvalue weighted by molar-refractivity contribution is 6.33. The standard InChI is InChI=1S/C17H19ClN6O3/c1-21(2)12-6-5-10(7-11(12)18)20-13(25)8-24-16(26)14-15(19-9-22(14)3)23(4)17(24)27/h5-7,9H,8H2,1-4H3,(H,20,25). The number of rotatable bonds is 4. The van der Waals surface area contributed by atoms with E-state index in [1.165, 1.54) is 22.5 Å². The second-order valence-electron chi connectivity index (χ2n) is 6.37. The summed E-state index contributed by atoms with van der Waals surface area (Å²) in [5.41, 5.74) is 0.633. The van der Waals surface area contributed by atoms with Gasteiger partial charge in [0, 0.05) is 33.9 Å². The van der Waals surface area contributed by atoms with Crippen LogP contribution in [0.5, 0.6) is 0 Å². The molecule has 0 radical (unpaired) electrons. The number of hydrogen-bond acceptors (Lipinski definition) is 5. The predicted molar refractivity (Wildman–Crippen MR) is 105 cm³/mol. The molecule has 2 aromatic heterocycles. The van der Waals surface area contributed by atoms with Crippen LogP contribution in [-0.2, 0) is 25.4 Å². The minimum absolute atomic E-state index is 0.253. The van der Waals surface area contributed by atoms with E-state index in [-0.39, 0.29) is 11.2 Å². The van der Waals surface area contributed by atoms with Crippen molar-refractivity contribution >= 4 is 40.0 Å². The van der Waals surface area contributed by atoms with E-state index in [1.54, 1.807) is 25.2 Å². The molecule has 0 bridgehead atoms. The summed E-state index contributed by atoms with van der Waals surface area (Å²) in [6, 6.07) is 5.08. The number of hydrogen-bond donors (Lipinski definition) is 1. The number of carbonyl (C=O) groups is 1. The summed E-state index contributed by atoms with van der Waals surface area (Å²) in [4.78, 5) is 43.4. The number of nitrogens with one attached hydrogen (secondary N) is 1. The van der Waals surface area contributed by atoms with Gasteiger partial charge in [0.1, 0.15) is 6.54 Å². The highest BCUT2D eigenvalue weighted by Gasteiger charge is 2.17. The number of amides is 1. The molecule has 0 aliphatic heterocycles. The molecule has 0 aliphatic rings. The Hall–Kier alpha value is -3.07. The Labute approximate surface area is 159 Å². The molecule has 27 heavy (non-hydrogen) atoms. The van der Waals surface area contributed by atoms with Crippen molar-refractivity contribution in [2.75, 3.05) is 24.3 Å². The van der Waals surface area contributed by atoms with Crippen molar-refractivity contribution in [3.63, 3.8) is 0 Å². The average Bonchev–Trinajstić information content (AvgIpc) is 2.98. The van der Waals surface area contributed by atoms with Crippen molar-refractivity contribution in [1.82, 2.24) is 18.7 Å². The van der Waals surface area contributed by atoms with E-state index >= 15 is 0 Å². The summed E-state index contributed by atoms with van der Waals surface area (Å²) in [5.74, 6) is -0.510. The molecule has 3 rings (SSSR count). The number of fused-ring (bicyclic) bond motifs is 1. The van der Waals surface area contributed by atoms with Gasteiger partial charge in [-0.05, 0) is 18.2 Å². The first-order chi connectivity index (χ1) is 12.7. The number of anilines is 2. The summed E-state index contributed by atoms with van der Waals surface area (Å²) in [7, 11) is 6.87. The Morgan fingerprint density at radius 1 is 1.26 bits per heavy atom. The first-order valence-corrected chi connectivity index (χ1v) is 8.46. The van der Waals surface area contributed by atoms with E-state index in [4.69, 9.17) is 11.6 Å². The lowest BCUT2D eigenvalue weighted by Gasteiger charge is -2.15. The second kappa shape index (κ2) is 6.92. The second-order valence-corrected chi connectivity index (χ2v) is 6.78. The van der Waals surface area contributed by atoms with Gasteiger partial charge < -0.3 is 14.8 Å². The van der Waals surface area contributed by atoms with Gasteiger partial charge >= 0.3 is 5.69 Å². The zero-order chi connectivity index (χ0) is 19.9. The topological polar surface area (TPSA) is 94.2 Å². The Morgan fingerprint density at radius 2 is 1.96 bits per heavy atom. The van der Waals surface area contributed by atoms with Gasteiger partial charge in [-0.25, -0.2) is 14.3 Å². The monoisotopic (exact) mass is 390 g/mol. The smallest absolute Gasteiger partial charge is 0.332 e. The average molecular weight is 391 g/mol. The molecule has 0 saturated heterocycles. The number of benzene rings is 1. The van der Waals surface area contributed by atoms with Crippen molar-refractivity contribution in [3.05, 3.63) is 50.4 Å². The number of imidazole rings is 1. The van der Waals surface area contributed by atoms with Crippen LogP contribution in [0.2, 0.25) is 5.02 Å². The van der Waals surface area contributed by atoms with Gasteiger partial charge in [-0.3, -0.25) is 14.2 Å². The Balaban J connectivity index is 1.91. The molecule has 3 aromatic rings. The third-order valence-corrected chi connectivity index (χ3v) is 4.52. The number of aryl methyl sites for hydroxylation is 2. The van der Waals surface area contributed by atoms with Crippen molar-refractivity contribution in [1.29, 1.82) is 0 Å². The summed E-state index contributed by atoms with van der Waals surface area (Å²) in [5, 5.41) is 3.13. The zero-order valence-corrected chi connectivity index (χ0v) is 16.1. The minimum Gasteiger partial charge on any atom is -0.376 e. The van der Waals surface area contributed by atoms with Crippen LogP contribution in [0, 0.1) is 0 Å². The van der Waals surface area contributed by atoms with Crippen molar-refractivity contribution in [2.45, 2.75) is 6.54 Å². The number of nitrogens with zero attached hydrogens (tertiary/aromatic N) is 5. The van der Waals surface area contributed by atoms with Crippen LogP contribution in [0.25, 0.3) is 11.2 Å². The molecule has 0 spiro atoms. The van der Waals surface area contributed by atoms with E-state index in [0.29, 0.717) is 10.7 Å². The molecule has 1 aromatic carbocycles. The van der Waals surface area contributed by atoms with Crippen LogP contribution in [-0.4, -0.2) is 38.7 Å². The van der Waals surface area contributed by atoms with Gasteiger partial charge in [0.15, 0.2) is 11.2 Å². The maximum atomic E-state index is 12.6. The molecule has 142 valence electrons. The van der Waals surface area contributed by atoms with Gasteiger partial charge in [-0.1, -0.05) is 11.6 Å². The van der Waals surface area contributed by atoms with E-state index < -0.39 is 23.7 Å². The normalized spacial score (nSPS) is 11.0. The number of aromatic nitrogens is 4. The molecular formula is C17H19ClN6O3. The number of carbonyl (C=O) groups excluding carboxylic acids is 1. The molecular weight excluding hydrogens is 372 g/mol. The van der Waals surface area contributed by atoms with Crippen LogP contribution in [0.4, 0.5) is 11.4 Å². The largest absolute Gasteiger partial charge is 0.376 e. The Bertz CT molecular complexity index is 1160. The van der Waals surface area contributed by atoms with E-state index in [0.717, 1.165) is 10.3 Å². The zero-order valence-electron chi connectivity index (χ0n) is 15.4. The quantitative estimate of drug-likeness (QED) is 0.710. The van der Waals surface area contributed by atoms with Crippen molar-refractivity contribution < 1.29 is 4.79 Å². The lowest BCUT2D eigenvalue weighted by molar-refractivity contribution is -0.116. The molecule has 0 atom stereocenters. The number of halogens is 1. The summed E-state index contributed by atoms with van der Waals surface area (Å²) in [6.45, 7) is -0.417. The molecule has 0 fully saturated rings. The first-order valence-electron chi connectivity index (χ1n) is 8.08. The molecule has 10 heteroatoms. The fourth-order valence-electron chi connectivity index (χ4n) is 2.83. The van der Waals surface area contributed by atoms with Crippen LogP contribution in [0.3, 0.4) is 0 Å². The van der Waals surface area contributed by atoms with Crippen molar-refractivity contribution in [3.8, 4) is 0 Å². The highest BCUT2D eigenvalue weighted by Crippen LogP contribution is 2.27. The predicted octanol–water partition coefficient (Wildman–Crippen LogP) is 0.792. The maximum absolute atomic E-state index is 12.6. The fraction of sp³-hybridized carbons (Fsp3) is 0.294. The highest BCUT2D eigenvalue weighted by atomic mass is 35.5. The van der Waals surface area contributed by atoms with Crippen molar-refractivity contribution in [2.24, 2.45) is 14.1 Å². The lowest BCUT2D eigenvalue weighted by Crippen LogP contribution is -2.42. The molecule has 0 aliphatic carbocycles. The van der Waals surface area contributed by atoms with Crippen LogP contribution in [0.1, 0.15) is 0 Å². The summed E-state index contributed by atoms with van der Waals surface area (Å²) < 4.78 is 3.65. The van der Waals surface area contributed by atoms with Gasteiger partial charge in [0.25, 0.3) is 5.56 Å².